The monoisotopic (exact) mass is 177 g/mol. The van der Waals surface area contributed by atoms with E-state index in [0.29, 0.717) is 0 Å². The van der Waals surface area contributed by atoms with E-state index in [1.165, 1.54) is 0 Å². The highest BCUT2D eigenvalue weighted by molar-refractivity contribution is 6.20. The molecule has 1 heterocycles. The van der Waals surface area contributed by atoms with Crippen molar-refractivity contribution < 1.29 is 9.90 Å². The number of carboxylic acids is 1. The van der Waals surface area contributed by atoms with Crippen molar-refractivity contribution in [2.45, 2.75) is 31.3 Å². The third-order valence-electron chi connectivity index (χ3n) is 2.04. The first-order chi connectivity index (χ1) is 5.13. The summed E-state index contributed by atoms with van der Waals surface area (Å²) in [5.74, 6) is -0.755. The van der Waals surface area contributed by atoms with E-state index < -0.39 is 5.97 Å². The Morgan fingerprint density at radius 2 is 2.45 bits per heavy atom. The predicted molar refractivity (Wildman–Crippen MR) is 42.7 cm³/mol. The normalized spacial score (nSPS) is 28.7. The molecular formula is C7H12ClNO2. The zero-order chi connectivity index (χ0) is 8.43. The number of likely N-dealkylation sites (tertiary alicyclic amines) is 1. The average molecular weight is 178 g/mol. The molecule has 11 heavy (non-hydrogen) atoms. The lowest BCUT2D eigenvalue weighted by Gasteiger charge is -2.22. The highest BCUT2D eigenvalue weighted by Gasteiger charge is 2.32. The number of carbonyl (C=O) groups is 1. The van der Waals surface area contributed by atoms with Crippen molar-refractivity contribution in [3.8, 4) is 0 Å². The Labute approximate surface area is 70.9 Å². The maximum atomic E-state index is 10.6. The van der Waals surface area contributed by atoms with Crippen LogP contribution in [0.25, 0.3) is 0 Å². The van der Waals surface area contributed by atoms with Crippen LogP contribution in [0.4, 0.5) is 0 Å². The molecule has 0 unspecified atom stereocenters. The number of alkyl halides is 1. The van der Waals surface area contributed by atoms with Crippen LogP contribution in [-0.2, 0) is 4.79 Å². The lowest BCUT2D eigenvalue weighted by molar-refractivity contribution is -0.142. The fourth-order valence-corrected chi connectivity index (χ4v) is 1.71. The maximum Gasteiger partial charge on any atom is 0.320 e. The van der Waals surface area contributed by atoms with Gasteiger partial charge >= 0.3 is 5.97 Å². The summed E-state index contributed by atoms with van der Waals surface area (Å²) >= 11 is 5.79. The first-order valence-electron chi connectivity index (χ1n) is 3.75. The minimum absolute atomic E-state index is 0.168. The van der Waals surface area contributed by atoms with Crippen molar-refractivity contribution >= 4 is 17.6 Å². The lowest BCUT2D eigenvalue weighted by Crippen LogP contribution is -2.39. The highest BCUT2D eigenvalue weighted by atomic mass is 35.5. The molecule has 3 nitrogen and oxygen atoms in total. The van der Waals surface area contributed by atoms with Crippen molar-refractivity contribution in [3.05, 3.63) is 0 Å². The summed E-state index contributed by atoms with van der Waals surface area (Å²) in [7, 11) is 0. The Hall–Kier alpha value is -0.280. The fourth-order valence-electron chi connectivity index (χ4n) is 1.48. The first-order valence-corrected chi connectivity index (χ1v) is 4.19. The van der Waals surface area contributed by atoms with Crippen LogP contribution in [0.5, 0.6) is 0 Å². The van der Waals surface area contributed by atoms with Gasteiger partial charge in [-0.2, -0.15) is 0 Å². The Bertz CT molecular complexity index is 161. The predicted octanol–water partition coefficient (Wildman–Crippen LogP) is 1.12. The molecule has 2 atom stereocenters. The van der Waals surface area contributed by atoms with Gasteiger partial charge in [0.2, 0.25) is 0 Å². The molecule has 0 aromatic heterocycles. The third kappa shape index (κ3) is 1.84. The summed E-state index contributed by atoms with van der Waals surface area (Å²) in [5.41, 5.74) is -0.168. The van der Waals surface area contributed by atoms with Crippen LogP contribution in [-0.4, -0.2) is 34.1 Å². The minimum atomic E-state index is -0.755. The number of hydrogen-bond donors (Lipinski definition) is 1. The van der Waals surface area contributed by atoms with E-state index in [-0.39, 0.29) is 11.5 Å². The maximum absolute atomic E-state index is 10.6. The van der Waals surface area contributed by atoms with Crippen molar-refractivity contribution in [2.75, 3.05) is 6.54 Å². The molecule has 1 aliphatic rings. The van der Waals surface area contributed by atoms with Gasteiger partial charge in [0.05, 0.1) is 5.50 Å². The van der Waals surface area contributed by atoms with Crippen LogP contribution < -0.4 is 0 Å². The first kappa shape index (κ1) is 8.81. The van der Waals surface area contributed by atoms with E-state index >= 15 is 0 Å². The zero-order valence-corrected chi connectivity index (χ0v) is 7.21. The molecule has 0 radical (unpaired) electrons. The number of aliphatic carboxylic acids is 1. The van der Waals surface area contributed by atoms with Crippen molar-refractivity contribution in [3.63, 3.8) is 0 Å². The summed E-state index contributed by atoms with van der Waals surface area (Å²) in [4.78, 5) is 12.4. The summed E-state index contributed by atoms with van der Waals surface area (Å²) in [6.45, 7) is 2.62. The summed E-state index contributed by atoms with van der Waals surface area (Å²) in [6.07, 6.45) is 1.67. The Balaban J connectivity index is 2.58. The largest absolute Gasteiger partial charge is 0.480 e. The van der Waals surface area contributed by atoms with E-state index in [2.05, 4.69) is 0 Å². The van der Waals surface area contributed by atoms with Crippen LogP contribution in [0.2, 0.25) is 0 Å². The van der Waals surface area contributed by atoms with Gasteiger partial charge in [-0.3, -0.25) is 9.69 Å². The van der Waals surface area contributed by atoms with Crippen LogP contribution in [0.15, 0.2) is 0 Å². The summed E-state index contributed by atoms with van der Waals surface area (Å²) in [6, 6.07) is -0.359. The third-order valence-corrected chi connectivity index (χ3v) is 2.29. The SMILES string of the molecule is C[C@H](Cl)N1CCC[C@H]1C(=O)O. The quantitative estimate of drug-likeness (QED) is 0.508. The van der Waals surface area contributed by atoms with E-state index in [1.54, 1.807) is 0 Å². The molecular weight excluding hydrogens is 166 g/mol. The van der Waals surface area contributed by atoms with E-state index in [0.717, 1.165) is 19.4 Å². The van der Waals surface area contributed by atoms with Gasteiger partial charge in [-0.1, -0.05) is 0 Å². The molecule has 1 aliphatic heterocycles. The van der Waals surface area contributed by atoms with E-state index in [4.69, 9.17) is 16.7 Å². The summed E-state index contributed by atoms with van der Waals surface area (Å²) in [5, 5.41) is 8.73. The number of rotatable bonds is 2. The zero-order valence-electron chi connectivity index (χ0n) is 6.46. The standard InChI is InChI=1S/C7H12ClNO2/c1-5(8)9-4-2-3-6(9)7(10)11/h5-6H,2-4H2,1H3,(H,10,11)/t5-,6+/m1/s1. The Morgan fingerprint density at radius 3 is 2.82 bits per heavy atom. The van der Waals surface area contributed by atoms with Crippen molar-refractivity contribution in [2.24, 2.45) is 0 Å². The van der Waals surface area contributed by atoms with Gasteiger partial charge in [0, 0.05) is 6.54 Å². The number of carboxylic acid groups (broad SMARTS) is 1. The molecule has 1 N–H and O–H groups in total. The second-order valence-corrected chi connectivity index (χ2v) is 3.44. The molecule has 4 heteroatoms. The molecule has 0 aromatic rings. The molecule has 0 bridgehead atoms. The summed E-state index contributed by atoms with van der Waals surface area (Å²) < 4.78 is 0. The van der Waals surface area contributed by atoms with Crippen LogP contribution in [0, 0.1) is 0 Å². The Kier molecular flexibility index (Phi) is 2.73. The fraction of sp³-hybridized carbons (Fsp3) is 0.857. The molecule has 0 aromatic carbocycles. The second kappa shape index (κ2) is 3.41. The molecule has 0 amide bonds. The highest BCUT2D eigenvalue weighted by Crippen LogP contribution is 2.21. The van der Waals surface area contributed by atoms with Gasteiger partial charge in [-0.05, 0) is 19.8 Å². The number of hydrogen-bond acceptors (Lipinski definition) is 2. The molecule has 1 fully saturated rings. The van der Waals surface area contributed by atoms with Gasteiger partial charge in [0.1, 0.15) is 6.04 Å². The van der Waals surface area contributed by atoms with E-state index in [9.17, 15) is 4.79 Å². The van der Waals surface area contributed by atoms with E-state index in [1.807, 2.05) is 11.8 Å². The molecule has 64 valence electrons. The molecule has 0 spiro atoms. The second-order valence-electron chi connectivity index (χ2n) is 2.81. The Morgan fingerprint density at radius 1 is 1.82 bits per heavy atom. The van der Waals surface area contributed by atoms with Gasteiger partial charge in [0.25, 0.3) is 0 Å². The van der Waals surface area contributed by atoms with Crippen LogP contribution in [0.1, 0.15) is 19.8 Å². The van der Waals surface area contributed by atoms with Crippen LogP contribution in [0.3, 0.4) is 0 Å². The number of halogens is 1. The van der Waals surface area contributed by atoms with Gasteiger partial charge in [-0.15, -0.1) is 11.6 Å². The molecule has 1 rings (SSSR count). The van der Waals surface area contributed by atoms with Crippen molar-refractivity contribution in [1.82, 2.24) is 4.90 Å². The number of nitrogens with zero attached hydrogens (tertiary/aromatic N) is 1. The van der Waals surface area contributed by atoms with Gasteiger partial charge < -0.3 is 5.11 Å². The minimum Gasteiger partial charge on any atom is -0.480 e. The van der Waals surface area contributed by atoms with Gasteiger partial charge in [-0.25, -0.2) is 0 Å². The smallest absolute Gasteiger partial charge is 0.320 e. The average Bonchev–Trinajstić information content (AvgIpc) is 2.32. The lowest BCUT2D eigenvalue weighted by atomic mass is 10.2. The molecule has 1 saturated heterocycles. The van der Waals surface area contributed by atoms with Gasteiger partial charge in [0.15, 0.2) is 0 Å². The van der Waals surface area contributed by atoms with Crippen molar-refractivity contribution in [1.29, 1.82) is 0 Å². The molecule has 0 saturated carbocycles. The topological polar surface area (TPSA) is 40.5 Å². The molecule has 0 aliphatic carbocycles. The van der Waals surface area contributed by atoms with Crippen LogP contribution >= 0.6 is 11.6 Å².